The summed E-state index contributed by atoms with van der Waals surface area (Å²) in [5.74, 6) is -0.633. The molecule has 0 aliphatic heterocycles. The topological polar surface area (TPSA) is 58.2 Å². The number of unbranched alkanes of at least 4 members (excludes halogenated alkanes) is 2. The molecule has 0 unspecified atom stereocenters. The van der Waals surface area contributed by atoms with E-state index >= 15 is 0 Å². The van der Waals surface area contributed by atoms with Gasteiger partial charge >= 0.3 is 11.8 Å². The number of amides is 2. The van der Waals surface area contributed by atoms with Crippen molar-refractivity contribution in [2.24, 2.45) is 0 Å². The van der Waals surface area contributed by atoms with Crippen molar-refractivity contribution >= 4 is 11.8 Å². The lowest BCUT2D eigenvalue weighted by Crippen LogP contribution is -2.39. The minimum Gasteiger partial charge on any atom is -0.348 e. The van der Waals surface area contributed by atoms with E-state index in [9.17, 15) is 9.59 Å². The lowest BCUT2D eigenvalue weighted by molar-refractivity contribution is -0.139. The van der Waals surface area contributed by atoms with Crippen LogP contribution in [0.2, 0.25) is 0 Å². The minimum atomic E-state index is -0.570. The van der Waals surface area contributed by atoms with Gasteiger partial charge in [-0.3, -0.25) is 9.59 Å². The SMILES string of the molecule is CCCCCNC(=O)C(=O)NCc1ccc(C(C)C)cc1. The average molecular weight is 290 g/mol. The van der Waals surface area contributed by atoms with E-state index in [0.29, 0.717) is 19.0 Å². The molecule has 0 saturated carbocycles. The maximum atomic E-state index is 11.6. The zero-order valence-electron chi connectivity index (χ0n) is 13.2. The molecule has 1 aromatic carbocycles. The van der Waals surface area contributed by atoms with Crippen molar-refractivity contribution in [1.29, 1.82) is 0 Å². The summed E-state index contributed by atoms with van der Waals surface area (Å²) >= 11 is 0. The second-order valence-corrected chi connectivity index (χ2v) is 5.54. The van der Waals surface area contributed by atoms with E-state index in [1.54, 1.807) is 0 Å². The van der Waals surface area contributed by atoms with E-state index in [2.05, 4.69) is 43.5 Å². The van der Waals surface area contributed by atoms with Crippen molar-refractivity contribution in [2.75, 3.05) is 6.54 Å². The van der Waals surface area contributed by atoms with Gasteiger partial charge in [-0.2, -0.15) is 0 Å². The van der Waals surface area contributed by atoms with Crippen LogP contribution in [0.4, 0.5) is 0 Å². The molecule has 4 nitrogen and oxygen atoms in total. The van der Waals surface area contributed by atoms with E-state index in [4.69, 9.17) is 0 Å². The molecule has 0 fully saturated rings. The number of benzene rings is 1. The van der Waals surface area contributed by atoms with Crippen molar-refractivity contribution in [2.45, 2.75) is 52.5 Å². The summed E-state index contributed by atoms with van der Waals surface area (Å²) in [7, 11) is 0. The molecule has 2 amide bonds. The number of carbonyl (C=O) groups is 2. The van der Waals surface area contributed by atoms with Gasteiger partial charge < -0.3 is 10.6 Å². The van der Waals surface area contributed by atoms with E-state index in [-0.39, 0.29) is 0 Å². The largest absolute Gasteiger partial charge is 0.348 e. The first-order valence-electron chi connectivity index (χ1n) is 7.69. The van der Waals surface area contributed by atoms with Crippen LogP contribution in [-0.2, 0) is 16.1 Å². The highest BCUT2D eigenvalue weighted by molar-refractivity contribution is 6.35. The first kappa shape index (κ1) is 17.2. The number of rotatable bonds is 7. The fourth-order valence-electron chi connectivity index (χ4n) is 1.94. The fraction of sp³-hybridized carbons (Fsp3) is 0.529. The molecule has 21 heavy (non-hydrogen) atoms. The third kappa shape index (κ3) is 6.43. The maximum absolute atomic E-state index is 11.6. The Hall–Kier alpha value is -1.84. The summed E-state index contributed by atoms with van der Waals surface area (Å²) < 4.78 is 0. The second-order valence-electron chi connectivity index (χ2n) is 5.54. The zero-order valence-corrected chi connectivity index (χ0v) is 13.2. The predicted octanol–water partition coefficient (Wildman–Crippen LogP) is 2.73. The Bertz CT molecular complexity index is 452. The summed E-state index contributed by atoms with van der Waals surface area (Å²) in [6.45, 7) is 7.31. The van der Waals surface area contributed by atoms with Gasteiger partial charge in [-0.1, -0.05) is 57.9 Å². The Labute approximate surface area is 127 Å². The van der Waals surface area contributed by atoms with Gasteiger partial charge in [0, 0.05) is 13.1 Å². The van der Waals surface area contributed by atoms with Gasteiger partial charge in [0.25, 0.3) is 0 Å². The van der Waals surface area contributed by atoms with Crippen LogP contribution in [-0.4, -0.2) is 18.4 Å². The molecule has 0 aliphatic rings. The molecule has 1 aromatic rings. The molecule has 116 valence electrons. The normalized spacial score (nSPS) is 10.5. The van der Waals surface area contributed by atoms with Gasteiger partial charge in [-0.05, 0) is 23.5 Å². The van der Waals surface area contributed by atoms with Crippen LogP contribution in [0.3, 0.4) is 0 Å². The molecule has 0 atom stereocenters. The van der Waals surface area contributed by atoms with Gasteiger partial charge in [0.2, 0.25) is 0 Å². The second kappa shape index (κ2) is 9.16. The molecular formula is C17H26N2O2. The Morgan fingerprint density at radius 2 is 1.62 bits per heavy atom. The van der Waals surface area contributed by atoms with Crippen LogP contribution in [0.1, 0.15) is 57.1 Å². The van der Waals surface area contributed by atoms with Crippen LogP contribution in [0, 0.1) is 0 Å². The van der Waals surface area contributed by atoms with Crippen molar-refractivity contribution in [3.63, 3.8) is 0 Å². The average Bonchev–Trinajstić information content (AvgIpc) is 2.49. The molecule has 0 bridgehead atoms. The van der Waals surface area contributed by atoms with Gasteiger partial charge in [0.05, 0.1) is 0 Å². The standard InChI is InChI=1S/C17H26N2O2/c1-4-5-6-11-18-16(20)17(21)19-12-14-7-9-15(10-8-14)13(2)3/h7-10,13H,4-6,11-12H2,1-3H3,(H,18,20)(H,19,21). The molecule has 0 heterocycles. The van der Waals surface area contributed by atoms with Crippen LogP contribution in [0.25, 0.3) is 0 Å². The lowest BCUT2D eigenvalue weighted by Gasteiger charge is -2.08. The summed E-state index contributed by atoms with van der Waals surface area (Å²) in [5.41, 5.74) is 2.25. The van der Waals surface area contributed by atoms with Crippen molar-refractivity contribution < 1.29 is 9.59 Å². The van der Waals surface area contributed by atoms with Crippen molar-refractivity contribution in [1.82, 2.24) is 10.6 Å². The third-order valence-corrected chi connectivity index (χ3v) is 3.37. The lowest BCUT2D eigenvalue weighted by atomic mass is 10.0. The van der Waals surface area contributed by atoms with Crippen LogP contribution < -0.4 is 10.6 Å². The van der Waals surface area contributed by atoms with Gasteiger partial charge in [-0.15, -0.1) is 0 Å². The fourth-order valence-corrected chi connectivity index (χ4v) is 1.94. The smallest absolute Gasteiger partial charge is 0.309 e. The van der Waals surface area contributed by atoms with Gasteiger partial charge in [0.15, 0.2) is 0 Å². The zero-order chi connectivity index (χ0) is 15.7. The number of nitrogens with one attached hydrogen (secondary N) is 2. The molecule has 0 aromatic heterocycles. The highest BCUT2D eigenvalue weighted by Gasteiger charge is 2.11. The Balaban J connectivity index is 2.33. The summed E-state index contributed by atoms with van der Waals surface area (Å²) in [4.78, 5) is 23.2. The first-order valence-corrected chi connectivity index (χ1v) is 7.69. The van der Waals surface area contributed by atoms with Crippen LogP contribution in [0.5, 0.6) is 0 Å². The van der Waals surface area contributed by atoms with Crippen LogP contribution >= 0.6 is 0 Å². The van der Waals surface area contributed by atoms with E-state index in [1.165, 1.54) is 5.56 Å². The Morgan fingerprint density at radius 3 is 2.19 bits per heavy atom. The summed E-state index contributed by atoms with van der Waals surface area (Å²) in [6, 6.07) is 8.07. The predicted molar refractivity (Wildman–Crippen MR) is 84.9 cm³/mol. The number of hydrogen-bond acceptors (Lipinski definition) is 2. The quantitative estimate of drug-likeness (QED) is 0.599. The van der Waals surface area contributed by atoms with E-state index in [1.807, 2.05) is 12.1 Å². The van der Waals surface area contributed by atoms with Gasteiger partial charge in [0.1, 0.15) is 0 Å². The van der Waals surface area contributed by atoms with Gasteiger partial charge in [-0.25, -0.2) is 0 Å². The number of carbonyl (C=O) groups excluding carboxylic acids is 2. The third-order valence-electron chi connectivity index (χ3n) is 3.37. The highest BCUT2D eigenvalue weighted by Crippen LogP contribution is 2.14. The molecule has 1 rings (SSSR count). The minimum absolute atomic E-state index is 0.375. The van der Waals surface area contributed by atoms with E-state index < -0.39 is 11.8 Å². The summed E-state index contributed by atoms with van der Waals surface area (Å²) in [5, 5.41) is 5.26. The molecule has 0 spiro atoms. The molecule has 0 radical (unpaired) electrons. The molecule has 4 heteroatoms. The molecular weight excluding hydrogens is 264 g/mol. The first-order chi connectivity index (χ1) is 10.0. The highest BCUT2D eigenvalue weighted by atomic mass is 16.2. The maximum Gasteiger partial charge on any atom is 0.309 e. The molecule has 2 N–H and O–H groups in total. The molecule has 0 aliphatic carbocycles. The summed E-state index contributed by atoms with van der Waals surface area (Å²) in [6.07, 6.45) is 3.06. The van der Waals surface area contributed by atoms with Crippen molar-refractivity contribution in [3.05, 3.63) is 35.4 Å². The monoisotopic (exact) mass is 290 g/mol. The number of hydrogen-bond donors (Lipinski definition) is 2. The van der Waals surface area contributed by atoms with Crippen LogP contribution in [0.15, 0.2) is 24.3 Å². The van der Waals surface area contributed by atoms with E-state index in [0.717, 1.165) is 24.8 Å². The molecule has 0 saturated heterocycles. The Morgan fingerprint density at radius 1 is 1.00 bits per heavy atom. The van der Waals surface area contributed by atoms with Crippen molar-refractivity contribution in [3.8, 4) is 0 Å². The Kier molecular flexibility index (Phi) is 7.51.